The molecule has 0 aliphatic rings. The van der Waals surface area contributed by atoms with Crippen LogP contribution in [0.15, 0.2) is 22.7 Å². The molecule has 1 amide bonds. The zero-order valence-corrected chi connectivity index (χ0v) is 11.9. The number of benzene rings is 1. The van der Waals surface area contributed by atoms with E-state index in [0.29, 0.717) is 11.3 Å². The molecule has 3 N–H and O–H groups in total. The standard InChI is InChI=1S/C13H19BrN2O/c1-3-5-10(4-2)16-13(17)9-6-7-11(14)12(15)8-9/h6-8,10H,3-5,15H2,1-2H3,(H,16,17). The summed E-state index contributed by atoms with van der Waals surface area (Å²) < 4.78 is 0.814. The van der Waals surface area contributed by atoms with E-state index in [2.05, 4.69) is 35.1 Å². The number of rotatable bonds is 5. The molecule has 1 aromatic carbocycles. The van der Waals surface area contributed by atoms with Crippen LogP contribution in [-0.2, 0) is 0 Å². The van der Waals surface area contributed by atoms with Crippen molar-refractivity contribution in [1.29, 1.82) is 0 Å². The molecule has 4 heteroatoms. The molecule has 1 unspecified atom stereocenters. The van der Waals surface area contributed by atoms with E-state index in [1.165, 1.54) is 0 Å². The average Bonchev–Trinajstić information content (AvgIpc) is 2.31. The first-order valence-electron chi connectivity index (χ1n) is 5.94. The van der Waals surface area contributed by atoms with Gasteiger partial charge in [0.15, 0.2) is 0 Å². The molecule has 0 saturated carbocycles. The van der Waals surface area contributed by atoms with Crippen LogP contribution in [0, 0.1) is 0 Å². The second kappa shape index (κ2) is 6.64. The number of hydrogen-bond acceptors (Lipinski definition) is 2. The molecule has 0 heterocycles. The van der Waals surface area contributed by atoms with Gasteiger partial charge in [-0.15, -0.1) is 0 Å². The number of nitrogens with two attached hydrogens (primary N) is 1. The normalized spacial score (nSPS) is 12.2. The Kier molecular flexibility index (Phi) is 5.48. The predicted molar refractivity (Wildman–Crippen MR) is 75.0 cm³/mol. The van der Waals surface area contributed by atoms with Gasteiger partial charge in [0.2, 0.25) is 0 Å². The van der Waals surface area contributed by atoms with E-state index < -0.39 is 0 Å². The Hall–Kier alpha value is -1.03. The number of nitrogens with one attached hydrogen (secondary N) is 1. The first-order chi connectivity index (χ1) is 8.08. The van der Waals surface area contributed by atoms with Crippen LogP contribution in [0.1, 0.15) is 43.5 Å². The summed E-state index contributed by atoms with van der Waals surface area (Å²) in [4.78, 5) is 12.0. The molecular weight excluding hydrogens is 280 g/mol. The SMILES string of the molecule is CCCC(CC)NC(=O)c1ccc(Br)c(N)c1. The minimum Gasteiger partial charge on any atom is -0.398 e. The van der Waals surface area contributed by atoms with Gasteiger partial charge >= 0.3 is 0 Å². The Morgan fingerprint density at radius 3 is 2.71 bits per heavy atom. The quantitative estimate of drug-likeness (QED) is 0.819. The minimum atomic E-state index is -0.0514. The van der Waals surface area contributed by atoms with Gasteiger partial charge in [-0.3, -0.25) is 4.79 Å². The molecule has 0 spiro atoms. The van der Waals surface area contributed by atoms with E-state index >= 15 is 0 Å². The van der Waals surface area contributed by atoms with E-state index in [0.717, 1.165) is 23.7 Å². The van der Waals surface area contributed by atoms with Crippen molar-refractivity contribution < 1.29 is 4.79 Å². The molecule has 0 radical (unpaired) electrons. The van der Waals surface area contributed by atoms with Crippen molar-refractivity contribution >= 4 is 27.5 Å². The van der Waals surface area contributed by atoms with Gasteiger partial charge in [-0.1, -0.05) is 20.3 Å². The molecule has 0 bridgehead atoms. The van der Waals surface area contributed by atoms with Crippen LogP contribution in [-0.4, -0.2) is 11.9 Å². The van der Waals surface area contributed by atoms with Gasteiger partial charge < -0.3 is 11.1 Å². The number of anilines is 1. The van der Waals surface area contributed by atoms with Crippen molar-refractivity contribution in [2.24, 2.45) is 0 Å². The van der Waals surface area contributed by atoms with Crippen LogP contribution in [0.5, 0.6) is 0 Å². The van der Waals surface area contributed by atoms with E-state index in [9.17, 15) is 4.79 Å². The van der Waals surface area contributed by atoms with Crippen LogP contribution >= 0.6 is 15.9 Å². The second-order valence-corrected chi connectivity index (χ2v) is 4.96. The van der Waals surface area contributed by atoms with Crippen LogP contribution < -0.4 is 11.1 Å². The van der Waals surface area contributed by atoms with E-state index in [1.807, 2.05) is 0 Å². The maximum atomic E-state index is 12.0. The summed E-state index contributed by atoms with van der Waals surface area (Å²) in [6.45, 7) is 4.20. The molecule has 0 aromatic heterocycles. The van der Waals surface area contributed by atoms with Gasteiger partial charge in [0.25, 0.3) is 5.91 Å². The lowest BCUT2D eigenvalue weighted by Gasteiger charge is -2.16. The molecule has 1 aromatic rings. The largest absolute Gasteiger partial charge is 0.398 e. The predicted octanol–water partition coefficient (Wildman–Crippen LogP) is 3.34. The summed E-state index contributed by atoms with van der Waals surface area (Å²) in [7, 11) is 0. The van der Waals surface area contributed by atoms with E-state index in [-0.39, 0.29) is 11.9 Å². The first kappa shape index (κ1) is 14.0. The van der Waals surface area contributed by atoms with Gasteiger partial charge in [0.05, 0.1) is 0 Å². The molecule has 1 atom stereocenters. The number of hydrogen-bond donors (Lipinski definition) is 2. The molecule has 3 nitrogen and oxygen atoms in total. The van der Waals surface area contributed by atoms with Crippen LogP contribution in [0.4, 0.5) is 5.69 Å². The number of nitrogen functional groups attached to an aromatic ring is 1. The Morgan fingerprint density at radius 2 is 2.18 bits per heavy atom. The number of halogens is 1. The van der Waals surface area contributed by atoms with Crippen LogP contribution in [0.3, 0.4) is 0 Å². The smallest absolute Gasteiger partial charge is 0.251 e. The van der Waals surface area contributed by atoms with Gasteiger partial charge in [-0.25, -0.2) is 0 Å². The summed E-state index contributed by atoms with van der Waals surface area (Å²) in [5, 5.41) is 3.02. The topological polar surface area (TPSA) is 55.1 Å². The molecule has 0 saturated heterocycles. The van der Waals surface area contributed by atoms with Gasteiger partial charge in [0, 0.05) is 21.8 Å². The molecule has 1 rings (SSSR count). The Balaban J connectivity index is 2.72. The Bertz CT molecular complexity index is 393. The van der Waals surface area contributed by atoms with Crippen LogP contribution in [0.25, 0.3) is 0 Å². The summed E-state index contributed by atoms with van der Waals surface area (Å²) in [5.41, 5.74) is 6.95. The highest BCUT2D eigenvalue weighted by Crippen LogP contribution is 2.20. The lowest BCUT2D eigenvalue weighted by molar-refractivity contribution is 0.0934. The van der Waals surface area contributed by atoms with Crippen molar-refractivity contribution in [3.8, 4) is 0 Å². The van der Waals surface area contributed by atoms with Gasteiger partial charge in [-0.05, 0) is 47.0 Å². The summed E-state index contributed by atoms with van der Waals surface area (Å²) in [6, 6.07) is 5.51. The molecule has 0 aliphatic carbocycles. The first-order valence-corrected chi connectivity index (χ1v) is 6.73. The summed E-state index contributed by atoms with van der Waals surface area (Å²) in [5.74, 6) is -0.0514. The number of carbonyl (C=O) groups excluding carboxylic acids is 1. The van der Waals surface area contributed by atoms with Crippen molar-refractivity contribution in [3.05, 3.63) is 28.2 Å². The zero-order valence-electron chi connectivity index (χ0n) is 10.3. The van der Waals surface area contributed by atoms with Crippen LogP contribution in [0.2, 0.25) is 0 Å². The minimum absolute atomic E-state index is 0.0514. The zero-order chi connectivity index (χ0) is 12.8. The molecule has 94 valence electrons. The second-order valence-electron chi connectivity index (χ2n) is 4.10. The average molecular weight is 299 g/mol. The fraction of sp³-hybridized carbons (Fsp3) is 0.462. The third kappa shape index (κ3) is 4.04. The Morgan fingerprint density at radius 1 is 1.47 bits per heavy atom. The molecule has 0 fully saturated rings. The Labute approximate surface area is 111 Å². The highest BCUT2D eigenvalue weighted by molar-refractivity contribution is 9.10. The summed E-state index contributed by atoms with van der Waals surface area (Å²) in [6.07, 6.45) is 3.03. The highest BCUT2D eigenvalue weighted by atomic mass is 79.9. The van der Waals surface area contributed by atoms with E-state index in [4.69, 9.17) is 5.73 Å². The molecular formula is C13H19BrN2O. The molecule has 17 heavy (non-hydrogen) atoms. The fourth-order valence-electron chi connectivity index (χ4n) is 1.68. The lowest BCUT2D eigenvalue weighted by atomic mass is 10.1. The van der Waals surface area contributed by atoms with Gasteiger partial charge in [-0.2, -0.15) is 0 Å². The highest BCUT2D eigenvalue weighted by Gasteiger charge is 2.12. The maximum absolute atomic E-state index is 12.0. The fourth-order valence-corrected chi connectivity index (χ4v) is 1.93. The van der Waals surface area contributed by atoms with Crippen molar-refractivity contribution in [2.75, 3.05) is 5.73 Å². The van der Waals surface area contributed by atoms with Crippen molar-refractivity contribution in [1.82, 2.24) is 5.32 Å². The summed E-state index contributed by atoms with van der Waals surface area (Å²) >= 11 is 3.31. The monoisotopic (exact) mass is 298 g/mol. The third-order valence-corrected chi connectivity index (χ3v) is 3.45. The maximum Gasteiger partial charge on any atom is 0.251 e. The lowest BCUT2D eigenvalue weighted by Crippen LogP contribution is -2.34. The van der Waals surface area contributed by atoms with Crippen molar-refractivity contribution in [2.45, 2.75) is 39.2 Å². The third-order valence-electron chi connectivity index (χ3n) is 2.72. The molecule has 0 aliphatic heterocycles. The number of carbonyl (C=O) groups is 1. The van der Waals surface area contributed by atoms with E-state index in [1.54, 1.807) is 18.2 Å². The van der Waals surface area contributed by atoms with Crippen molar-refractivity contribution in [3.63, 3.8) is 0 Å². The number of amides is 1. The van der Waals surface area contributed by atoms with Gasteiger partial charge in [0.1, 0.15) is 0 Å².